The van der Waals surface area contributed by atoms with Crippen LogP contribution in [0.5, 0.6) is 0 Å². The predicted molar refractivity (Wildman–Crippen MR) is 79.6 cm³/mol. The number of nitrogen functional groups attached to an aromatic ring is 1. The van der Waals surface area contributed by atoms with Gasteiger partial charge in [-0.15, -0.1) is 10.2 Å². The average Bonchev–Trinajstić information content (AvgIpc) is 2.85. The number of carbonyl (C=O) groups is 1. The number of carbonyl (C=O) groups excluding carboxylic acids is 1. The number of nitrogens with one attached hydrogen (secondary N) is 2. The number of piperidine rings is 1. The Morgan fingerprint density at radius 1 is 1.50 bits per heavy atom. The first-order chi connectivity index (χ1) is 9.65. The van der Waals surface area contributed by atoms with Gasteiger partial charge in [0.25, 0.3) is 0 Å². The molecule has 4 N–H and O–H groups in total. The smallest absolute Gasteiger partial charge is 0.234 e. The zero-order valence-corrected chi connectivity index (χ0v) is 12.6. The van der Waals surface area contributed by atoms with E-state index in [0.29, 0.717) is 30.7 Å². The zero-order valence-electron chi connectivity index (χ0n) is 11.8. The summed E-state index contributed by atoms with van der Waals surface area (Å²) < 4.78 is 0. The maximum absolute atomic E-state index is 11.9. The third kappa shape index (κ3) is 4.69. The fourth-order valence-electron chi connectivity index (χ4n) is 2.34. The average molecular weight is 298 g/mol. The predicted octanol–water partition coefficient (Wildman–Crippen LogP) is -0.537. The standard InChI is InChI=1S/C12H22N6OS/c1-18(9-2-5-14-6-3-9)8-10(19)15-7-4-11-16-17-12(13)20-11/h9,14H,2-8H2,1H3,(H2,13,17)(H,15,19). The second kappa shape index (κ2) is 7.51. The van der Waals surface area contributed by atoms with Crippen LogP contribution >= 0.6 is 11.3 Å². The molecule has 0 radical (unpaired) electrons. The number of rotatable bonds is 6. The van der Waals surface area contributed by atoms with Crippen LogP contribution in [-0.2, 0) is 11.2 Å². The van der Waals surface area contributed by atoms with Crippen LogP contribution in [0.25, 0.3) is 0 Å². The van der Waals surface area contributed by atoms with Crippen molar-refractivity contribution >= 4 is 22.4 Å². The summed E-state index contributed by atoms with van der Waals surface area (Å²) in [6, 6.07) is 0.505. The molecule has 0 saturated carbocycles. The van der Waals surface area contributed by atoms with E-state index >= 15 is 0 Å². The summed E-state index contributed by atoms with van der Waals surface area (Å²) in [5, 5.41) is 15.2. The number of hydrogen-bond donors (Lipinski definition) is 3. The Bertz CT molecular complexity index is 431. The Balaban J connectivity index is 1.64. The maximum atomic E-state index is 11.9. The van der Waals surface area contributed by atoms with Crippen molar-refractivity contribution in [3.8, 4) is 0 Å². The second-order valence-electron chi connectivity index (χ2n) is 5.03. The van der Waals surface area contributed by atoms with Crippen LogP contribution < -0.4 is 16.4 Å². The number of likely N-dealkylation sites (N-methyl/N-ethyl adjacent to an activating group) is 1. The first-order valence-corrected chi connectivity index (χ1v) is 7.72. The van der Waals surface area contributed by atoms with Crippen LogP contribution in [0.4, 0.5) is 5.13 Å². The van der Waals surface area contributed by atoms with Gasteiger partial charge < -0.3 is 16.4 Å². The van der Waals surface area contributed by atoms with E-state index in [1.807, 2.05) is 7.05 Å². The van der Waals surface area contributed by atoms with Gasteiger partial charge in [0, 0.05) is 19.0 Å². The molecule has 1 aromatic rings. The van der Waals surface area contributed by atoms with Crippen LogP contribution in [0, 0.1) is 0 Å². The number of nitrogens with zero attached hydrogens (tertiary/aromatic N) is 3. The van der Waals surface area contributed by atoms with Gasteiger partial charge in [0.1, 0.15) is 5.01 Å². The summed E-state index contributed by atoms with van der Waals surface area (Å²) in [5.74, 6) is 0.0588. The first kappa shape index (κ1) is 15.1. The quantitative estimate of drug-likeness (QED) is 0.653. The molecule has 112 valence electrons. The molecule has 7 nitrogen and oxygen atoms in total. The van der Waals surface area contributed by atoms with Crippen molar-refractivity contribution in [2.75, 3.05) is 39.0 Å². The number of hydrogen-bond acceptors (Lipinski definition) is 7. The summed E-state index contributed by atoms with van der Waals surface area (Å²) >= 11 is 1.36. The van der Waals surface area contributed by atoms with Crippen LogP contribution in [-0.4, -0.2) is 60.3 Å². The summed E-state index contributed by atoms with van der Waals surface area (Å²) in [6.45, 7) is 3.10. The van der Waals surface area contributed by atoms with E-state index in [1.54, 1.807) is 0 Å². The molecule has 20 heavy (non-hydrogen) atoms. The Morgan fingerprint density at radius 2 is 2.25 bits per heavy atom. The van der Waals surface area contributed by atoms with Crippen molar-refractivity contribution in [3.05, 3.63) is 5.01 Å². The van der Waals surface area contributed by atoms with Crippen LogP contribution in [0.3, 0.4) is 0 Å². The molecule has 1 aromatic heterocycles. The molecule has 0 aliphatic carbocycles. The minimum atomic E-state index is 0.0588. The summed E-state index contributed by atoms with van der Waals surface area (Å²) in [7, 11) is 2.01. The number of nitrogens with two attached hydrogens (primary N) is 1. The molecule has 8 heteroatoms. The molecular formula is C12H22N6OS. The summed E-state index contributed by atoms with van der Waals surface area (Å²) in [5.41, 5.74) is 5.50. The van der Waals surface area contributed by atoms with Gasteiger partial charge in [-0.25, -0.2) is 0 Å². The molecule has 0 bridgehead atoms. The van der Waals surface area contributed by atoms with Gasteiger partial charge in [-0.1, -0.05) is 11.3 Å². The lowest BCUT2D eigenvalue weighted by Crippen LogP contribution is -2.45. The molecule has 1 aliphatic rings. The molecule has 0 spiro atoms. The molecule has 0 atom stereocenters. The van der Waals surface area contributed by atoms with E-state index < -0.39 is 0 Å². The highest BCUT2D eigenvalue weighted by Crippen LogP contribution is 2.11. The molecule has 1 aliphatic heterocycles. The van der Waals surface area contributed by atoms with Gasteiger partial charge in [0.05, 0.1) is 6.54 Å². The molecule has 0 unspecified atom stereocenters. The van der Waals surface area contributed by atoms with Gasteiger partial charge in [0.2, 0.25) is 11.0 Å². The maximum Gasteiger partial charge on any atom is 0.234 e. The highest BCUT2D eigenvalue weighted by molar-refractivity contribution is 7.15. The minimum Gasteiger partial charge on any atom is -0.374 e. The fraction of sp³-hybridized carbons (Fsp3) is 0.750. The lowest BCUT2D eigenvalue weighted by molar-refractivity contribution is -0.122. The van der Waals surface area contributed by atoms with E-state index in [-0.39, 0.29) is 5.91 Å². The monoisotopic (exact) mass is 298 g/mol. The van der Waals surface area contributed by atoms with Crippen LogP contribution in [0.1, 0.15) is 17.8 Å². The molecule has 2 heterocycles. The minimum absolute atomic E-state index is 0.0588. The lowest BCUT2D eigenvalue weighted by Gasteiger charge is -2.31. The summed E-state index contributed by atoms with van der Waals surface area (Å²) in [4.78, 5) is 14.0. The van der Waals surface area contributed by atoms with Crippen molar-refractivity contribution in [2.45, 2.75) is 25.3 Å². The van der Waals surface area contributed by atoms with Crippen molar-refractivity contribution in [3.63, 3.8) is 0 Å². The van der Waals surface area contributed by atoms with E-state index in [9.17, 15) is 4.79 Å². The second-order valence-corrected chi connectivity index (χ2v) is 6.12. The van der Waals surface area contributed by atoms with E-state index in [2.05, 4.69) is 25.7 Å². The van der Waals surface area contributed by atoms with Gasteiger partial charge in [0.15, 0.2) is 0 Å². The molecule has 1 amide bonds. The molecule has 2 rings (SSSR count). The Labute approximate surface area is 122 Å². The molecule has 0 aromatic carbocycles. The van der Waals surface area contributed by atoms with Crippen LogP contribution in [0.2, 0.25) is 0 Å². The highest BCUT2D eigenvalue weighted by Gasteiger charge is 2.19. The fourth-order valence-corrected chi connectivity index (χ4v) is 2.94. The molecule has 1 saturated heterocycles. The van der Waals surface area contributed by atoms with E-state index in [1.165, 1.54) is 11.3 Å². The third-order valence-electron chi connectivity index (χ3n) is 3.47. The van der Waals surface area contributed by atoms with Gasteiger partial charge in [-0.05, 0) is 33.0 Å². The number of aromatic nitrogens is 2. The SMILES string of the molecule is CN(CC(=O)NCCc1nnc(N)s1)C1CCNCC1. The number of amides is 1. The highest BCUT2D eigenvalue weighted by atomic mass is 32.1. The lowest BCUT2D eigenvalue weighted by atomic mass is 10.1. The van der Waals surface area contributed by atoms with Crippen molar-refractivity contribution < 1.29 is 4.79 Å². The third-order valence-corrected chi connectivity index (χ3v) is 4.28. The molecular weight excluding hydrogens is 276 g/mol. The largest absolute Gasteiger partial charge is 0.374 e. The van der Waals surface area contributed by atoms with Gasteiger partial charge in [-0.3, -0.25) is 9.69 Å². The Hall–Kier alpha value is -1.25. The Morgan fingerprint density at radius 3 is 2.90 bits per heavy atom. The topological polar surface area (TPSA) is 96.2 Å². The Kier molecular flexibility index (Phi) is 5.69. The van der Waals surface area contributed by atoms with Crippen molar-refractivity contribution in [1.82, 2.24) is 25.7 Å². The first-order valence-electron chi connectivity index (χ1n) is 6.90. The van der Waals surface area contributed by atoms with E-state index in [0.717, 1.165) is 30.9 Å². The van der Waals surface area contributed by atoms with Crippen LogP contribution in [0.15, 0.2) is 0 Å². The number of anilines is 1. The van der Waals surface area contributed by atoms with E-state index in [4.69, 9.17) is 5.73 Å². The van der Waals surface area contributed by atoms with Crippen molar-refractivity contribution in [1.29, 1.82) is 0 Å². The van der Waals surface area contributed by atoms with Crippen molar-refractivity contribution in [2.24, 2.45) is 0 Å². The molecule has 1 fully saturated rings. The zero-order chi connectivity index (χ0) is 14.4. The summed E-state index contributed by atoms with van der Waals surface area (Å²) in [6.07, 6.45) is 2.89. The van der Waals surface area contributed by atoms with Gasteiger partial charge >= 0.3 is 0 Å². The van der Waals surface area contributed by atoms with Gasteiger partial charge in [-0.2, -0.15) is 0 Å². The normalized spacial score (nSPS) is 16.5.